The van der Waals surface area contributed by atoms with E-state index < -0.39 is 4.92 Å². The Bertz CT molecular complexity index is 751. The Morgan fingerprint density at radius 3 is 2.88 bits per heavy atom. The summed E-state index contributed by atoms with van der Waals surface area (Å²) in [5.74, 6) is 0. The number of pyridine rings is 1. The summed E-state index contributed by atoms with van der Waals surface area (Å²) in [6.07, 6.45) is 1.45. The SMILES string of the molecule is O=[N+]([O-])c1ccc2nc3ccc(Cl)cc3n2c1. The monoisotopic (exact) mass is 247 g/mol. The predicted octanol–water partition coefficient (Wildman–Crippen LogP) is 3.05. The zero-order chi connectivity index (χ0) is 12.0. The van der Waals surface area contributed by atoms with Gasteiger partial charge in [0.05, 0.1) is 22.2 Å². The highest BCUT2D eigenvalue weighted by Crippen LogP contribution is 2.22. The van der Waals surface area contributed by atoms with Crippen molar-refractivity contribution in [2.45, 2.75) is 0 Å². The first-order valence-electron chi connectivity index (χ1n) is 4.87. The van der Waals surface area contributed by atoms with Gasteiger partial charge >= 0.3 is 0 Å². The number of nitro groups is 1. The molecule has 0 N–H and O–H groups in total. The number of hydrogen-bond acceptors (Lipinski definition) is 3. The number of halogens is 1. The molecule has 17 heavy (non-hydrogen) atoms. The van der Waals surface area contributed by atoms with Crippen LogP contribution in [-0.2, 0) is 0 Å². The summed E-state index contributed by atoms with van der Waals surface area (Å²) >= 11 is 5.90. The second kappa shape index (κ2) is 3.43. The molecule has 0 fully saturated rings. The van der Waals surface area contributed by atoms with E-state index in [9.17, 15) is 10.1 Å². The second-order valence-corrected chi connectivity index (χ2v) is 4.05. The van der Waals surface area contributed by atoms with Crippen LogP contribution < -0.4 is 0 Å². The molecule has 0 saturated heterocycles. The lowest BCUT2D eigenvalue weighted by molar-refractivity contribution is -0.385. The molecule has 0 aliphatic carbocycles. The second-order valence-electron chi connectivity index (χ2n) is 3.62. The van der Waals surface area contributed by atoms with Crippen molar-refractivity contribution in [1.29, 1.82) is 0 Å². The minimum absolute atomic E-state index is 0.0248. The third-order valence-electron chi connectivity index (χ3n) is 2.55. The molecule has 3 aromatic rings. The molecule has 0 amide bonds. The van der Waals surface area contributed by atoms with Gasteiger partial charge in [0.25, 0.3) is 5.69 Å². The zero-order valence-electron chi connectivity index (χ0n) is 8.50. The summed E-state index contributed by atoms with van der Waals surface area (Å²) in [7, 11) is 0. The fourth-order valence-electron chi connectivity index (χ4n) is 1.78. The Balaban J connectivity index is 2.43. The minimum Gasteiger partial charge on any atom is -0.293 e. The quantitative estimate of drug-likeness (QED) is 0.490. The molecule has 6 heteroatoms. The maximum atomic E-state index is 10.7. The molecule has 1 aromatic carbocycles. The van der Waals surface area contributed by atoms with Gasteiger partial charge in [0.1, 0.15) is 5.65 Å². The summed E-state index contributed by atoms with van der Waals surface area (Å²) < 4.78 is 1.67. The van der Waals surface area contributed by atoms with E-state index in [4.69, 9.17) is 11.6 Å². The lowest BCUT2D eigenvalue weighted by atomic mass is 10.3. The smallest absolute Gasteiger partial charge is 0.286 e. The van der Waals surface area contributed by atoms with Gasteiger partial charge in [-0.2, -0.15) is 0 Å². The van der Waals surface area contributed by atoms with Crippen LogP contribution in [0.1, 0.15) is 0 Å². The fraction of sp³-hybridized carbons (Fsp3) is 0. The van der Waals surface area contributed by atoms with Crippen LogP contribution in [0.15, 0.2) is 36.5 Å². The number of imidazole rings is 1. The van der Waals surface area contributed by atoms with Gasteiger partial charge in [-0.3, -0.25) is 14.5 Å². The van der Waals surface area contributed by atoms with Gasteiger partial charge in [-0.15, -0.1) is 0 Å². The standard InChI is InChI=1S/C11H6ClN3O2/c12-7-1-3-9-10(5-7)14-6-8(15(16)17)2-4-11(14)13-9/h1-6H. The van der Waals surface area contributed by atoms with Crippen molar-refractivity contribution in [2.75, 3.05) is 0 Å². The van der Waals surface area contributed by atoms with Crippen LogP contribution in [0.4, 0.5) is 5.69 Å². The molecule has 0 aliphatic heterocycles. The lowest BCUT2D eigenvalue weighted by Crippen LogP contribution is -1.91. The van der Waals surface area contributed by atoms with E-state index >= 15 is 0 Å². The molecular weight excluding hydrogens is 242 g/mol. The summed E-state index contributed by atoms with van der Waals surface area (Å²) in [5.41, 5.74) is 2.20. The van der Waals surface area contributed by atoms with Crippen LogP contribution >= 0.6 is 11.6 Å². The van der Waals surface area contributed by atoms with E-state index in [1.165, 1.54) is 12.3 Å². The van der Waals surface area contributed by atoms with Gasteiger partial charge in [-0.05, 0) is 24.3 Å². The van der Waals surface area contributed by atoms with E-state index in [0.29, 0.717) is 10.7 Å². The molecule has 3 rings (SSSR count). The van der Waals surface area contributed by atoms with Gasteiger partial charge in [0, 0.05) is 11.1 Å². The fourth-order valence-corrected chi connectivity index (χ4v) is 1.95. The molecule has 0 spiro atoms. The Kier molecular flexibility index (Phi) is 2.02. The maximum Gasteiger partial charge on any atom is 0.286 e. The van der Waals surface area contributed by atoms with E-state index in [2.05, 4.69) is 4.98 Å². The van der Waals surface area contributed by atoms with Crippen LogP contribution in [-0.4, -0.2) is 14.3 Å². The van der Waals surface area contributed by atoms with Crippen molar-refractivity contribution in [1.82, 2.24) is 9.38 Å². The highest BCUT2D eigenvalue weighted by Gasteiger charge is 2.10. The van der Waals surface area contributed by atoms with Crippen LogP contribution in [0.3, 0.4) is 0 Å². The average Bonchev–Trinajstić information content (AvgIpc) is 2.66. The normalized spacial score (nSPS) is 11.1. The summed E-state index contributed by atoms with van der Waals surface area (Å²) in [6, 6.07) is 8.32. The molecule has 2 aromatic heterocycles. The van der Waals surface area contributed by atoms with Crippen molar-refractivity contribution in [3.05, 3.63) is 51.7 Å². The molecule has 0 atom stereocenters. The third kappa shape index (κ3) is 1.52. The third-order valence-corrected chi connectivity index (χ3v) is 2.79. The van der Waals surface area contributed by atoms with Gasteiger partial charge in [-0.25, -0.2) is 4.98 Å². The molecule has 5 nitrogen and oxygen atoms in total. The van der Waals surface area contributed by atoms with Crippen LogP contribution in [0.25, 0.3) is 16.7 Å². The van der Waals surface area contributed by atoms with Gasteiger partial charge in [0.2, 0.25) is 0 Å². The lowest BCUT2D eigenvalue weighted by Gasteiger charge is -1.96. The number of fused-ring (bicyclic) bond motifs is 3. The van der Waals surface area contributed by atoms with E-state index in [1.54, 1.807) is 28.7 Å². The number of rotatable bonds is 1. The number of benzene rings is 1. The molecular formula is C11H6ClN3O2. The number of aromatic nitrogens is 2. The molecule has 0 bridgehead atoms. The number of hydrogen-bond donors (Lipinski definition) is 0. The van der Waals surface area contributed by atoms with E-state index in [-0.39, 0.29) is 5.69 Å². The molecule has 2 heterocycles. The van der Waals surface area contributed by atoms with Gasteiger partial charge in [-0.1, -0.05) is 11.6 Å². The first kappa shape index (κ1) is 10.0. The van der Waals surface area contributed by atoms with Gasteiger partial charge < -0.3 is 0 Å². The largest absolute Gasteiger partial charge is 0.293 e. The van der Waals surface area contributed by atoms with Crippen molar-refractivity contribution < 1.29 is 4.92 Å². The number of nitrogens with zero attached hydrogens (tertiary/aromatic N) is 3. The molecule has 84 valence electrons. The molecule has 0 saturated carbocycles. The van der Waals surface area contributed by atoms with Crippen molar-refractivity contribution >= 4 is 34.0 Å². The van der Waals surface area contributed by atoms with Gasteiger partial charge in [0.15, 0.2) is 0 Å². The predicted molar refractivity (Wildman–Crippen MR) is 64.4 cm³/mol. The van der Waals surface area contributed by atoms with E-state index in [0.717, 1.165) is 11.0 Å². The zero-order valence-corrected chi connectivity index (χ0v) is 9.26. The Morgan fingerprint density at radius 1 is 1.29 bits per heavy atom. The first-order valence-corrected chi connectivity index (χ1v) is 5.25. The first-order chi connectivity index (χ1) is 8.15. The van der Waals surface area contributed by atoms with Crippen LogP contribution in [0, 0.1) is 10.1 Å². The van der Waals surface area contributed by atoms with Crippen LogP contribution in [0.5, 0.6) is 0 Å². The summed E-state index contributed by atoms with van der Waals surface area (Å²) in [4.78, 5) is 14.6. The summed E-state index contributed by atoms with van der Waals surface area (Å²) in [5, 5.41) is 11.3. The Morgan fingerprint density at radius 2 is 2.12 bits per heavy atom. The molecule has 0 radical (unpaired) electrons. The van der Waals surface area contributed by atoms with Crippen molar-refractivity contribution in [3.63, 3.8) is 0 Å². The molecule has 0 unspecified atom stereocenters. The Labute approximate surface area is 100 Å². The maximum absolute atomic E-state index is 10.7. The topological polar surface area (TPSA) is 60.4 Å². The Hall–Kier alpha value is -2.14. The molecule has 0 aliphatic rings. The van der Waals surface area contributed by atoms with Crippen molar-refractivity contribution in [3.8, 4) is 0 Å². The average molecular weight is 248 g/mol. The van der Waals surface area contributed by atoms with Crippen molar-refractivity contribution in [2.24, 2.45) is 0 Å². The highest BCUT2D eigenvalue weighted by molar-refractivity contribution is 6.31. The minimum atomic E-state index is -0.435. The van der Waals surface area contributed by atoms with Crippen LogP contribution in [0.2, 0.25) is 5.02 Å². The van der Waals surface area contributed by atoms with E-state index in [1.807, 2.05) is 0 Å². The summed E-state index contributed by atoms with van der Waals surface area (Å²) in [6.45, 7) is 0. The highest BCUT2D eigenvalue weighted by atomic mass is 35.5.